The van der Waals surface area contributed by atoms with Crippen LogP contribution >= 0.6 is 0 Å². The fourth-order valence-electron chi connectivity index (χ4n) is 9.13. The molecule has 3 aliphatic carbocycles. The van der Waals surface area contributed by atoms with Gasteiger partial charge in [0.05, 0.1) is 42.3 Å². The summed E-state index contributed by atoms with van der Waals surface area (Å²) >= 11 is 0. The van der Waals surface area contributed by atoms with Crippen LogP contribution in [0.2, 0.25) is 0 Å². The number of Topliss-reactive ketones (excluding diaryl/α,β-unsaturated/α-hetero) is 1. The Morgan fingerprint density at radius 2 is 1.65 bits per heavy atom. The van der Waals surface area contributed by atoms with E-state index in [1.807, 2.05) is 0 Å². The van der Waals surface area contributed by atoms with Crippen LogP contribution in [-0.2, 0) is 33.5 Å². The van der Waals surface area contributed by atoms with Crippen LogP contribution in [0.1, 0.15) is 89.7 Å². The van der Waals surface area contributed by atoms with Crippen LogP contribution < -0.4 is 5.32 Å². The third-order valence-electron chi connectivity index (χ3n) is 12.1. The molecule has 0 spiro atoms. The number of ether oxygens (including phenoxy) is 4. The van der Waals surface area contributed by atoms with Crippen molar-refractivity contribution in [1.29, 1.82) is 0 Å². The summed E-state index contributed by atoms with van der Waals surface area (Å²) in [5.41, 5.74) is -5.14. The first-order valence-electron chi connectivity index (χ1n) is 18.4. The van der Waals surface area contributed by atoms with E-state index in [0.29, 0.717) is 5.56 Å². The lowest BCUT2D eigenvalue weighted by Gasteiger charge is -2.64. The molecular formula is C41H50FNO11. The Balaban J connectivity index is 1.43. The average molecular weight is 752 g/mol. The van der Waals surface area contributed by atoms with Gasteiger partial charge in [-0.25, -0.2) is 9.59 Å². The van der Waals surface area contributed by atoms with Gasteiger partial charge in [0, 0.05) is 30.1 Å². The van der Waals surface area contributed by atoms with Crippen LogP contribution in [0.25, 0.3) is 0 Å². The number of aliphatic hydroxyl groups is 2. The molecule has 2 bridgehead atoms. The fourth-order valence-corrected chi connectivity index (χ4v) is 9.13. The lowest BCUT2D eigenvalue weighted by Crippen LogP contribution is -2.75. The lowest BCUT2D eigenvalue weighted by molar-refractivity contribution is -0.283. The number of nitrogens with one attached hydrogen (secondary N) is 1. The molecule has 1 saturated heterocycles. The second kappa shape index (κ2) is 14.5. The van der Waals surface area contributed by atoms with Gasteiger partial charge in [-0.2, -0.15) is 4.94 Å². The van der Waals surface area contributed by atoms with Gasteiger partial charge in [-0.15, -0.1) is 0 Å². The van der Waals surface area contributed by atoms with E-state index in [2.05, 4.69) is 10.3 Å². The highest BCUT2D eigenvalue weighted by molar-refractivity contribution is 5.94. The van der Waals surface area contributed by atoms with E-state index >= 15 is 4.53 Å². The molecule has 1 heterocycles. The Morgan fingerprint density at radius 1 is 1.02 bits per heavy atom. The SMILES string of the molecule is CC1=C2[C@@H](OF)C(=O)[C@@]3(C)C(C(OC(=O)c4ccccc4)[C@](O)(C[C@@H]1OC(=O)C[C@@H](NC(=O)OC(C)(C)C)c1ccccc1)C2(C)C)[C@@H]1CO[C@@H]1C[C@@H]3O. The average Bonchev–Trinajstić information content (AvgIpc) is 3.10. The van der Waals surface area contributed by atoms with Crippen molar-refractivity contribution in [3.8, 4) is 0 Å². The van der Waals surface area contributed by atoms with Crippen molar-refractivity contribution in [3.05, 3.63) is 82.9 Å². The van der Waals surface area contributed by atoms with Crippen LogP contribution in [0.5, 0.6) is 0 Å². The number of benzene rings is 2. The lowest BCUT2D eigenvalue weighted by atomic mass is 9.46. The van der Waals surface area contributed by atoms with E-state index in [1.54, 1.807) is 102 Å². The summed E-state index contributed by atoms with van der Waals surface area (Å²) in [6, 6.07) is 16.0. The van der Waals surface area contributed by atoms with Gasteiger partial charge in [-0.3, -0.25) is 9.59 Å². The zero-order chi connectivity index (χ0) is 39.4. The fraction of sp³-hybridized carbons (Fsp3) is 0.561. The Kier molecular flexibility index (Phi) is 10.6. The predicted molar refractivity (Wildman–Crippen MR) is 191 cm³/mol. The van der Waals surface area contributed by atoms with Crippen molar-refractivity contribution in [1.82, 2.24) is 5.32 Å². The second-order valence-corrected chi connectivity index (χ2v) is 16.8. The summed E-state index contributed by atoms with van der Waals surface area (Å²) in [6.07, 6.45) is -7.86. The first kappa shape index (κ1) is 39.5. The number of aliphatic hydroxyl groups excluding tert-OH is 1. The molecule has 2 aromatic carbocycles. The zero-order valence-electron chi connectivity index (χ0n) is 31.7. The Hall–Kier alpha value is -4.17. The van der Waals surface area contributed by atoms with Gasteiger partial charge in [-0.1, -0.05) is 62.4 Å². The number of amides is 1. The molecule has 0 aromatic heterocycles. The molecule has 3 fully saturated rings. The quantitative estimate of drug-likeness (QED) is 0.177. The molecule has 54 heavy (non-hydrogen) atoms. The number of rotatable bonds is 8. The number of ketones is 1. The molecule has 1 aliphatic heterocycles. The largest absolute Gasteiger partial charge is 0.458 e. The van der Waals surface area contributed by atoms with E-state index in [-0.39, 0.29) is 42.6 Å². The minimum absolute atomic E-state index is 0.00709. The first-order chi connectivity index (χ1) is 25.3. The Bertz CT molecular complexity index is 1790. The number of halogens is 1. The van der Waals surface area contributed by atoms with Crippen molar-refractivity contribution < 1.29 is 57.8 Å². The minimum Gasteiger partial charge on any atom is -0.458 e. The molecule has 2 saturated carbocycles. The van der Waals surface area contributed by atoms with Crippen LogP contribution in [0.4, 0.5) is 9.32 Å². The summed E-state index contributed by atoms with van der Waals surface area (Å²) in [7, 11) is 0. The maximum Gasteiger partial charge on any atom is 0.408 e. The van der Waals surface area contributed by atoms with E-state index in [0.717, 1.165) is 0 Å². The Morgan fingerprint density at radius 3 is 2.22 bits per heavy atom. The number of fused-ring (bicyclic) bond motifs is 5. The van der Waals surface area contributed by atoms with Crippen molar-refractivity contribution in [3.63, 3.8) is 0 Å². The summed E-state index contributed by atoms with van der Waals surface area (Å²) in [5, 5.41) is 27.6. The summed E-state index contributed by atoms with van der Waals surface area (Å²) in [4.78, 5) is 59.9. The molecule has 4 aliphatic rings. The monoisotopic (exact) mass is 751 g/mol. The van der Waals surface area contributed by atoms with Gasteiger partial charge >= 0.3 is 18.0 Å². The van der Waals surface area contributed by atoms with Gasteiger partial charge < -0.3 is 34.5 Å². The molecule has 0 radical (unpaired) electrons. The highest BCUT2D eigenvalue weighted by atomic mass is 19.3. The minimum atomic E-state index is -2.12. The summed E-state index contributed by atoms with van der Waals surface area (Å²) in [5.74, 6) is -3.88. The molecule has 10 atom stereocenters. The van der Waals surface area contributed by atoms with E-state index in [9.17, 15) is 29.4 Å². The van der Waals surface area contributed by atoms with Crippen LogP contribution in [0, 0.1) is 22.7 Å². The topological polar surface area (TPSA) is 167 Å². The second-order valence-electron chi connectivity index (χ2n) is 16.8. The summed E-state index contributed by atoms with van der Waals surface area (Å²) in [6.45, 7) is 11.6. The standard InChI is InChI=1S/C41H50FNO11/c1-22-28(51-30(45)18-26(23-14-10-8-11-15-23)43-37(48)53-38(2,3)4)20-41(49)35(52-36(47)24-16-12-9-13-17-24)32-25-21-50-27(25)19-29(44)40(32,7)34(46)33(54-42)31(22)39(41,5)6/h8-17,25-29,32-33,35,44,49H,18-21H2,1-7H3,(H,43,48)/t25-,26-,27-,28+,29+,32?,33-,35?,40-,41-/m1/s1. The third-order valence-corrected chi connectivity index (χ3v) is 12.1. The number of alkyl carbamates (subject to hydrolysis) is 1. The van der Waals surface area contributed by atoms with Gasteiger partial charge in [0.1, 0.15) is 23.4 Å². The highest BCUT2D eigenvalue weighted by Gasteiger charge is 2.72. The smallest absolute Gasteiger partial charge is 0.408 e. The van der Waals surface area contributed by atoms with E-state index < -0.39 is 94.2 Å². The van der Waals surface area contributed by atoms with E-state index in [4.69, 9.17) is 18.9 Å². The first-order valence-corrected chi connectivity index (χ1v) is 18.4. The van der Waals surface area contributed by atoms with E-state index in [1.165, 1.54) is 6.92 Å². The zero-order valence-corrected chi connectivity index (χ0v) is 31.7. The molecular weight excluding hydrogens is 701 g/mol. The van der Waals surface area contributed by atoms with Crippen molar-refractivity contribution >= 4 is 23.8 Å². The third kappa shape index (κ3) is 6.84. The number of esters is 2. The van der Waals surface area contributed by atoms with Crippen molar-refractivity contribution in [2.75, 3.05) is 6.61 Å². The highest BCUT2D eigenvalue weighted by Crippen LogP contribution is 2.62. The number of carbonyl (C=O) groups excluding carboxylic acids is 4. The van der Waals surface area contributed by atoms with Crippen LogP contribution in [0.3, 0.4) is 0 Å². The maximum atomic E-state index is 15.0. The maximum absolute atomic E-state index is 15.0. The van der Waals surface area contributed by atoms with Crippen LogP contribution in [0.15, 0.2) is 71.8 Å². The van der Waals surface area contributed by atoms with Gasteiger partial charge in [-0.05, 0) is 68.0 Å². The molecule has 1 amide bonds. The molecule has 2 unspecified atom stereocenters. The molecule has 2 aromatic rings. The van der Waals surface area contributed by atoms with Crippen molar-refractivity contribution in [2.24, 2.45) is 22.7 Å². The number of carbonyl (C=O) groups is 4. The molecule has 6 rings (SSSR count). The normalized spacial score (nSPS) is 33.4. The molecule has 3 N–H and O–H groups in total. The predicted octanol–water partition coefficient (Wildman–Crippen LogP) is 5.51. The molecule has 12 nitrogen and oxygen atoms in total. The van der Waals surface area contributed by atoms with Gasteiger partial charge in [0.15, 0.2) is 11.9 Å². The summed E-state index contributed by atoms with van der Waals surface area (Å²) < 4.78 is 38.7. The molecule has 13 heteroatoms. The van der Waals surface area contributed by atoms with Gasteiger partial charge in [0.25, 0.3) is 0 Å². The van der Waals surface area contributed by atoms with Crippen molar-refractivity contribution in [2.45, 2.75) is 115 Å². The number of hydrogen-bond donors (Lipinski definition) is 3. The number of hydrogen-bond acceptors (Lipinski definition) is 11. The Labute approximate surface area is 314 Å². The van der Waals surface area contributed by atoms with Crippen LogP contribution in [-0.4, -0.2) is 82.4 Å². The van der Waals surface area contributed by atoms with Gasteiger partial charge in [0.2, 0.25) is 0 Å². The molecule has 292 valence electrons.